The van der Waals surface area contributed by atoms with Crippen LogP contribution in [0.15, 0.2) is 88.4 Å². The third-order valence-electron chi connectivity index (χ3n) is 22.0. The lowest BCUT2D eigenvalue weighted by molar-refractivity contribution is -0.0598. The average molecular weight is 2130 g/mol. The molecule has 12 aromatic heterocycles. The van der Waals surface area contributed by atoms with Crippen molar-refractivity contribution in [3.8, 4) is 0 Å². The van der Waals surface area contributed by atoms with Gasteiger partial charge in [0.05, 0.1) is 69.3 Å². The Bertz CT molecular complexity index is 6840. The Labute approximate surface area is 777 Å². The molecular formula is C63H70F5N27O26P6S7. The van der Waals surface area contributed by atoms with Gasteiger partial charge in [-0.25, -0.2) is 56.1 Å². The van der Waals surface area contributed by atoms with Gasteiger partial charge in [0.1, 0.15) is 83.9 Å². The summed E-state index contributed by atoms with van der Waals surface area (Å²) in [6.07, 6.45) is -21.9. The van der Waals surface area contributed by atoms with E-state index in [1.165, 1.54) is 55.4 Å². The van der Waals surface area contributed by atoms with Crippen LogP contribution in [0.25, 0.3) is 66.7 Å². The van der Waals surface area contributed by atoms with Crippen molar-refractivity contribution < 1.29 is 129 Å². The number of imidazole rings is 2. The van der Waals surface area contributed by atoms with Gasteiger partial charge in [-0.05, 0) is 89.4 Å². The number of thiol groups is 1. The van der Waals surface area contributed by atoms with Crippen LogP contribution in [0, 0.1) is 0 Å². The van der Waals surface area contributed by atoms with Crippen molar-refractivity contribution in [2.24, 2.45) is 0 Å². The van der Waals surface area contributed by atoms with Crippen LogP contribution < -0.4 is 51.1 Å². The second-order valence-electron chi connectivity index (χ2n) is 30.5. The van der Waals surface area contributed by atoms with Gasteiger partial charge >= 0.3 is 40.4 Å². The number of pyridine rings is 3. The first kappa shape index (κ1) is 95.6. The molecule has 0 spiro atoms. The smallest absolute Gasteiger partial charge is 0.386 e. The summed E-state index contributed by atoms with van der Waals surface area (Å²) in [7, 11) is 0. The molecule has 12 aromatic rings. The molecule has 29 atom stereocenters. The van der Waals surface area contributed by atoms with E-state index in [4.69, 9.17) is 171 Å². The molecule has 9 saturated heterocycles. The number of hydrogen-bond donors (Lipinski definition) is 15. The van der Waals surface area contributed by atoms with E-state index in [2.05, 4.69) is 87.7 Å². The Balaban J connectivity index is 0.000000129. The molecule has 9 fully saturated rings. The van der Waals surface area contributed by atoms with Crippen LogP contribution >= 0.6 is 64.4 Å². The van der Waals surface area contributed by atoms with Gasteiger partial charge in [-0.1, -0.05) is 22.7 Å². The van der Waals surface area contributed by atoms with Gasteiger partial charge in [-0.2, -0.15) is 19.6 Å². The Kier molecular flexibility index (Phi) is 26.2. The zero-order valence-corrected chi connectivity index (χ0v) is 78.1. The fourth-order valence-electron chi connectivity index (χ4n) is 16.0. The van der Waals surface area contributed by atoms with Crippen molar-refractivity contribution in [3.63, 3.8) is 0 Å². The summed E-state index contributed by atoms with van der Waals surface area (Å²) in [4.78, 5) is 132. The number of fused-ring (bicyclic) bond motifs is 15. The molecule has 71 heteroatoms. The van der Waals surface area contributed by atoms with Crippen molar-refractivity contribution >= 4 is 225 Å². The lowest BCUT2D eigenvalue weighted by Crippen LogP contribution is -2.34. The number of thioether (sulfide) groups is 1. The fraction of sp³-hybridized carbons (Fsp3) is 0.476. The Morgan fingerprint density at radius 2 is 0.836 bits per heavy atom. The highest BCUT2D eigenvalue weighted by molar-refractivity contribution is 8.44. The van der Waals surface area contributed by atoms with Gasteiger partial charge in [0.2, 0.25) is 17.8 Å². The van der Waals surface area contributed by atoms with E-state index in [0.29, 0.717) is 33.4 Å². The molecule has 0 aromatic carbocycles. The number of nitrogens with zero attached hydrogens (tertiary/aromatic N) is 18. The molecule has 0 saturated carbocycles. The van der Waals surface area contributed by atoms with E-state index >= 15 is 22.0 Å². The van der Waals surface area contributed by atoms with Gasteiger partial charge in [-0.15, -0.1) is 22.0 Å². The van der Waals surface area contributed by atoms with Gasteiger partial charge < -0.3 is 119 Å². The lowest BCUT2D eigenvalue weighted by atomic mass is 10.1. The lowest BCUT2D eigenvalue weighted by Gasteiger charge is -2.27. The number of aromatic amines is 3. The van der Waals surface area contributed by atoms with Crippen LogP contribution in [-0.4, -0.2) is 270 Å². The number of H-pyrrole nitrogens is 3. The molecule has 0 radical (unpaired) electrons. The zero-order chi connectivity index (χ0) is 94.6. The van der Waals surface area contributed by atoms with Gasteiger partial charge in [0.25, 0.3) is 16.7 Å². The topological polar surface area (TPSA) is 714 Å². The van der Waals surface area contributed by atoms with Gasteiger partial charge in [-0.3, -0.25) is 65.6 Å². The molecule has 0 amide bonds. The van der Waals surface area contributed by atoms with Crippen LogP contribution in [0.1, 0.15) is 42.9 Å². The van der Waals surface area contributed by atoms with E-state index in [-0.39, 0.29) is 81.2 Å². The van der Waals surface area contributed by atoms with Crippen molar-refractivity contribution in [2.75, 3.05) is 74.0 Å². The summed E-state index contributed by atoms with van der Waals surface area (Å²) in [6.45, 7) is -28.9. The molecular weight excluding hydrogens is 2060 g/mol. The molecule has 134 heavy (non-hydrogen) atoms. The first-order valence-corrected chi connectivity index (χ1v) is 55.6. The summed E-state index contributed by atoms with van der Waals surface area (Å²) in [5.41, 5.74) is 34.7. The van der Waals surface area contributed by atoms with Crippen molar-refractivity contribution in [1.29, 1.82) is 0 Å². The minimum atomic E-state index is -4.33. The molecule has 9 aliphatic rings. The number of anilines is 6. The minimum Gasteiger partial charge on any atom is -0.398 e. The number of halogens is 5. The summed E-state index contributed by atoms with van der Waals surface area (Å²) in [5.74, 6) is -0.661. The van der Waals surface area contributed by atoms with E-state index in [1.807, 2.05) is 0 Å². The number of hydrogen-bond acceptors (Lipinski definition) is 45. The Morgan fingerprint density at radius 3 is 1.38 bits per heavy atom. The second kappa shape index (κ2) is 36.7. The highest BCUT2D eigenvalue weighted by Gasteiger charge is 2.59. The van der Waals surface area contributed by atoms with E-state index in [1.54, 1.807) is 30.5 Å². The second-order valence-corrected chi connectivity index (χ2v) is 48.7. The molecule has 21 heterocycles. The molecule has 53 nitrogen and oxygen atoms in total. The normalized spacial score (nSPS) is 37.3. The summed E-state index contributed by atoms with van der Waals surface area (Å²) in [6, 6.07) is 7.96. The number of rotatable bonds is 6. The third-order valence-corrected chi connectivity index (χ3v) is 32.9. The van der Waals surface area contributed by atoms with Crippen molar-refractivity contribution in [1.82, 2.24) is 103 Å². The summed E-state index contributed by atoms with van der Waals surface area (Å²) in [5, 5.41) is 14.4. The van der Waals surface area contributed by atoms with Crippen molar-refractivity contribution in [3.05, 3.63) is 105 Å². The van der Waals surface area contributed by atoms with Gasteiger partial charge in [0.15, 0.2) is 100 Å². The monoisotopic (exact) mass is 2130 g/mol. The molecule has 21 rings (SSSR count). The van der Waals surface area contributed by atoms with Crippen LogP contribution in [0.5, 0.6) is 0 Å². The van der Waals surface area contributed by atoms with E-state index in [0.717, 1.165) is 27.5 Å². The predicted molar refractivity (Wildman–Crippen MR) is 477 cm³/mol. The van der Waals surface area contributed by atoms with Crippen LogP contribution in [0.4, 0.5) is 56.9 Å². The molecule has 0 aliphatic carbocycles. The van der Waals surface area contributed by atoms with Crippen LogP contribution in [0.2, 0.25) is 0 Å². The maximum absolute atomic E-state index is 16.0. The standard InChI is InChI=1S/C22H24F2N8O9P2S2.C22H25FN8O9P2S2.C19H21F2N11O8P2S3/c23-12-10-5-36-42(34,44)40-15-11(39-20(13(15)24)31-4-2-8-9(25)1-3-27-17(8)31)6-37-43(35,45)41-16(12)21(38-10)32-7-28-14-18(32)29-22(26)30-19(14)33;23-14-16-13(38-21(14)30-4-2-10-11(24)1-3-26-17(10)30)7-36-41(33,43)39-12-5-9(6-35-42(34,44)40-16)37-20(12)31-8-27-15-18(31)28-22(25)29-19(15)32;20-8-7-4-37-42(35,44)39-12-6(38-17(9(12)21)31-14-10(27-29-31)5(22)1-2-24-14)3-36-41(34,43)40-13(8)18(45-7)32-15-11(28-30-32)16(33)26-19(23)25-15/h1-4,7,10-13,15-16,20-21H,5-6H2,(H2,25,27)(H,34,44)(H,35,45)(H3,26,29,30,33);1-4,8-9,12-14,16,20-21H,5-7H2,(H2,24,26)(H,33,43)(H,34,44)(H3,25,28,29,32);1-2,6-9,12-13,17-18H,3-4H2,(H2,22,24)(H,34,43)(H,35,44)(H3,23,25,26,33)/t10-,11-,12-,13+,15-,16-,20-,21-,42?,43?;9-,12+,13+,14-,16+,20+,21+,41?,42?;6-,7-,8+,9+,12-,13-,17-,18-,41?,42?/m101/s1. The minimum absolute atomic E-state index is 0.0169. The molecule has 6 bridgehead atoms. The van der Waals surface area contributed by atoms with Crippen LogP contribution in [0.3, 0.4) is 0 Å². The summed E-state index contributed by atoms with van der Waals surface area (Å²) >= 11 is 30.9. The number of alkyl halides is 5. The quantitative estimate of drug-likeness (QED) is 0.0646. The maximum Gasteiger partial charge on any atom is 0.386 e. The number of aromatic nitrogens is 21. The van der Waals surface area contributed by atoms with Crippen molar-refractivity contribution in [2.45, 2.75) is 146 Å². The first-order valence-electron chi connectivity index (χ1n) is 39.0. The maximum atomic E-state index is 16.0. The first-order chi connectivity index (χ1) is 63.5. The van der Waals surface area contributed by atoms with Crippen LogP contribution in [-0.2, 0) is 142 Å². The molecule has 20 N–H and O–H groups in total. The molecule has 720 valence electrons. The fourth-order valence-corrected chi connectivity index (χ4v) is 26.3. The van der Waals surface area contributed by atoms with Gasteiger partial charge in [0, 0.05) is 59.6 Å². The largest absolute Gasteiger partial charge is 0.398 e. The SMILES string of the molecule is Nc1nc2c(ncn2[C@@H]2O[C@@H]3COP(=O)(S)O[C@H]4[C@H](F)[C@H](n5ccc6c(N)ccnc65)O[C@@H]4COP(O)(=S)O[C@@H]2C3)c(=O)[nH]1.Nc1nc2c(ncn2[C@@H]2O[C@@H]3COP(O)(=S)O[C@H]4[C@H](F)[C@H](n5ccc6c(N)ccnc65)O[C@@H]4COP(O)(=S)O[C@@H]2[C@@H]3F)c(=O)[nH]1.Nc1nc2c(nnn2[C@@H]2S[C@@H]3COP(O)(=S)O[C@H]4[C@H](F)[C@H](n5nnc6c(N)ccnc65)O[C@@H]4COP(O)(=S)O[C@@H]2[C@H]3F)c(=O)[nH]1. The summed E-state index contributed by atoms with van der Waals surface area (Å²) < 4.78 is 197. The zero-order valence-electron chi connectivity index (χ0n) is 67.0. The Hall–Kier alpha value is -7.34. The highest BCUT2D eigenvalue weighted by atomic mass is 32.7. The number of nitrogen functional groups attached to an aromatic ring is 6. The Morgan fingerprint density at radius 1 is 0.410 bits per heavy atom. The highest BCUT2D eigenvalue weighted by Crippen LogP contribution is 2.62. The number of nitrogens with two attached hydrogens (primary N) is 6. The predicted octanol–water partition coefficient (Wildman–Crippen LogP) is 2.94. The molecule has 6 unspecified atom stereocenters. The molecule has 9 aliphatic heterocycles. The van der Waals surface area contributed by atoms with E-state index in [9.17, 15) is 43.4 Å². The average Bonchev–Trinajstić information content (AvgIpc) is 1.58. The van der Waals surface area contributed by atoms with E-state index < -0.39 is 230 Å². The number of ether oxygens (including phenoxy) is 5. The third kappa shape index (κ3) is 18.8. The number of nitrogens with one attached hydrogen (secondary N) is 3.